The summed E-state index contributed by atoms with van der Waals surface area (Å²) in [4.78, 5) is 51.9. The first-order valence-electron chi connectivity index (χ1n) is 10.3. The van der Waals surface area contributed by atoms with Gasteiger partial charge in [-0.1, -0.05) is 55.5 Å². The first-order chi connectivity index (χ1) is 15.4. The van der Waals surface area contributed by atoms with Crippen molar-refractivity contribution in [1.29, 1.82) is 0 Å². The van der Waals surface area contributed by atoms with Gasteiger partial charge < -0.3 is 9.47 Å². The van der Waals surface area contributed by atoms with Crippen LogP contribution in [0.15, 0.2) is 71.2 Å². The standard InChI is InChI=1S/C26H22O6/c1-14(20-22(28)16-9-5-7-11-18(16)24(30)26(20)32-3)12-13-19-21(27)15-8-4-6-10-17(15)23(29)25(19)31-2/h4-11,14H,12-13H2,1-3H3. The predicted octanol–water partition coefficient (Wildman–Crippen LogP) is 4.36. The molecule has 0 spiro atoms. The molecule has 0 bridgehead atoms. The molecule has 6 heteroatoms. The van der Waals surface area contributed by atoms with Crippen molar-refractivity contribution in [2.24, 2.45) is 5.92 Å². The molecule has 32 heavy (non-hydrogen) atoms. The molecule has 0 fully saturated rings. The number of benzene rings is 2. The molecule has 0 radical (unpaired) electrons. The third-order valence-electron chi connectivity index (χ3n) is 6.01. The van der Waals surface area contributed by atoms with Gasteiger partial charge in [0.15, 0.2) is 23.1 Å². The Hall–Kier alpha value is -3.80. The van der Waals surface area contributed by atoms with Crippen LogP contribution in [0.25, 0.3) is 0 Å². The van der Waals surface area contributed by atoms with Gasteiger partial charge in [-0.2, -0.15) is 0 Å². The fourth-order valence-electron chi connectivity index (χ4n) is 4.37. The lowest BCUT2D eigenvalue weighted by atomic mass is 9.79. The minimum absolute atomic E-state index is 0.0261. The number of rotatable bonds is 6. The molecule has 2 aromatic carbocycles. The van der Waals surface area contributed by atoms with Crippen molar-refractivity contribution >= 4 is 23.1 Å². The Balaban J connectivity index is 1.65. The van der Waals surface area contributed by atoms with Gasteiger partial charge in [0.05, 0.1) is 14.2 Å². The van der Waals surface area contributed by atoms with E-state index in [0.717, 1.165) is 0 Å². The van der Waals surface area contributed by atoms with E-state index < -0.39 is 0 Å². The fraction of sp³-hybridized carbons (Fsp3) is 0.231. The zero-order valence-corrected chi connectivity index (χ0v) is 18.1. The Kier molecular flexibility index (Phi) is 5.61. The summed E-state index contributed by atoms with van der Waals surface area (Å²) >= 11 is 0. The van der Waals surface area contributed by atoms with E-state index in [0.29, 0.717) is 28.7 Å². The maximum absolute atomic E-state index is 13.2. The van der Waals surface area contributed by atoms with Crippen molar-refractivity contribution in [1.82, 2.24) is 0 Å². The second kappa shape index (κ2) is 8.38. The van der Waals surface area contributed by atoms with E-state index in [1.165, 1.54) is 14.2 Å². The van der Waals surface area contributed by atoms with E-state index in [-0.39, 0.29) is 58.1 Å². The first-order valence-corrected chi connectivity index (χ1v) is 10.3. The Bertz CT molecular complexity index is 1230. The number of carbonyl (C=O) groups is 4. The highest BCUT2D eigenvalue weighted by molar-refractivity contribution is 6.27. The van der Waals surface area contributed by atoms with E-state index in [4.69, 9.17) is 9.47 Å². The number of ether oxygens (including phenoxy) is 2. The number of ketones is 4. The molecule has 0 aromatic heterocycles. The van der Waals surface area contributed by atoms with E-state index >= 15 is 0 Å². The minimum atomic E-state index is -0.388. The van der Waals surface area contributed by atoms with Crippen LogP contribution < -0.4 is 0 Å². The molecule has 6 nitrogen and oxygen atoms in total. The van der Waals surface area contributed by atoms with Crippen molar-refractivity contribution in [3.8, 4) is 0 Å². The van der Waals surface area contributed by atoms with Crippen molar-refractivity contribution in [3.05, 3.63) is 93.4 Å². The summed E-state index contributed by atoms with van der Waals surface area (Å²) in [5, 5.41) is 0. The van der Waals surface area contributed by atoms with Gasteiger partial charge in [0.2, 0.25) is 11.6 Å². The van der Waals surface area contributed by atoms with Crippen LogP contribution in [0, 0.1) is 5.92 Å². The molecule has 4 rings (SSSR count). The Morgan fingerprint density at radius 2 is 1.09 bits per heavy atom. The average Bonchev–Trinajstić information content (AvgIpc) is 2.82. The molecule has 0 aliphatic heterocycles. The van der Waals surface area contributed by atoms with Crippen LogP contribution in [-0.2, 0) is 9.47 Å². The number of hydrogen-bond acceptors (Lipinski definition) is 6. The summed E-state index contributed by atoms with van der Waals surface area (Å²) in [6.07, 6.45) is 0.569. The predicted molar refractivity (Wildman–Crippen MR) is 117 cm³/mol. The number of carbonyl (C=O) groups excluding carboxylic acids is 4. The summed E-state index contributed by atoms with van der Waals surface area (Å²) in [5.41, 5.74) is 1.88. The van der Waals surface area contributed by atoms with Crippen molar-refractivity contribution < 1.29 is 28.7 Å². The summed E-state index contributed by atoms with van der Waals surface area (Å²) in [6.45, 7) is 1.81. The smallest absolute Gasteiger partial charge is 0.228 e. The quantitative estimate of drug-likeness (QED) is 0.677. The highest BCUT2D eigenvalue weighted by Gasteiger charge is 2.37. The van der Waals surface area contributed by atoms with Crippen molar-refractivity contribution in [3.63, 3.8) is 0 Å². The van der Waals surface area contributed by atoms with E-state index in [1.807, 2.05) is 6.92 Å². The molecule has 0 saturated carbocycles. The summed E-state index contributed by atoms with van der Waals surface area (Å²) < 4.78 is 10.6. The lowest BCUT2D eigenvalue weighted by molar-refractivity contribution is 0.0892. The van der Waals surface area contributed by atoms with Gasteiger partial charge in [-0.3, -0.25) is 19.2 Å². The number of allylic oxidation sites excluding steroid dienone is 4. The molecule has 1 atom stereocenters. The van der Waals surface area contributed by atoms with Gasteiger partial charge >= 0.3 is 0 Å². The second-order valence-electron chi connectivity index (χ2n) is 7.81. The zero-order chi connectivity index (χ0) is 23.0. The van der Waals surface area contributed by atoms with Crippen molar-refractivity contribution in [2.75, 3.05) is 14.2 Å². The Labute approximate surface area is 185 Å². The average molecular weight is 430 g/mol. The number of hydrogen-bond donors (Lipinski definition) is 0. The summed E-state index contributed by atoms with van der Waals surface area (Å²) in [5.74, 6) is -1.53. The fourth-order valence-corrected chi connectivity index (χ4v) is 4.37. The van der Waals surface area contributed by atoms with Crippen LogP contribution in [0.5, 0.6) is 0 Å². The molecular formula is C26H22O6. The third kappa shape index (κ3) is 3.28. The third-order valence-corrected chi connectivity index (χ3v) is 6.01. The molecular weight excluding hydrogens is 408 g/mol. The van der Waals surface area contributed by atoms with E-state index in [2.05, 4.69) is 0 Å². The van der Waals surface area contributed by atoms with Gasteiger partial charge in [0, 0.05) is 33.4 Å². The normalized spacial score (nSPS) is 16.7. The Morgan fingerprint density at radius 1 is 0.656 bits per heavy atom. The second-order valence-corrected chi connectivity index (χ2v) is 7.81. The molecule has 2 aliphatic carbocycles. The van der Waals surface area contributed by atoms with Gasteiger partial charge in [-0.05, 0) is 18.8 Å². The van der Waals surface area contributed by atoms with Crippen LogP contribution in [0.3, 0.4) is 0 Å². The van der Waals surface area contributed by atoms with Gasteiger partial charge in [-0.25, -0.2) is 0 Å². The van der Waals surface area contributed by atoms with E-state index in [1.54, 1.807) is 48.5 Å². The highest BCUT2D eigenvalue weighted by atomic mass is 16.5. The Morgan fingerprint density at radius 3 is 1.59 bits per heavy atom. The van der Waals surface area contributed by atoms with Crippen LogP contribution in [0.1, 0.15) is 61.2 Å². The van der Waals surface area contributed by atoms with Crippen LogP contribution in [0.2, 0.25) is 0 Å². The topological polar surface area (TPSA) is 86.7 Å². The molecule has 2 aliphatic rings. The zero-order valence-electron chi connectivity index (χ0n) is 18.1. The first kappa shape index (κ1) is 21.4. The highest BCUT2D eigenvalue weighted by Crippen LogP contribution is 2.35. The summed E-state index contributed by atoms with van der Waals surface area (Å²) in [6, 6.07) is 13.3. The molecule has 2 aromatic rings. The van der Waals surface area contributed by atoms with Crippen LogP contribution in [0.4, 0.5) is 0 Å². The van der Waals surface area contributed by atoms with Crippen molar-refractivity contribution in [2.45, 2.75) is 19.8 Å². The van der Waals surface area contributed by atoms with Crippen LogP contribution in [-0.4, -0.2) is 37.4 Å². The molecule has 1 unspecified atom stereocenters. The lowest BCUT2D eigenvalue weighted by Crippen LogP contribution is -2.27. The largest absolute Gasteiger partial charge is 0.492 e. The molecule has 0 N–H and O–H groups in total. The van der Waals surface area contributed by atoms with Gasteiger partial charge in [0.1, 0.15) is 0 Å². The number of Topliss-reactive ketones (excluding diaryl/α,β-unsaturated/α-hetero) is 4. The molecule has 0 saturated heterocycles. The number of methoxy groups -OCH3 is 2. The summed E-state index contributed by atoms with van der Waals surface area (Å²) in [7, 11) is 2.73. The van der Waals surface area contributed by atoms with Crippen LogP contribution >= 0.6 is 0 Å². The maximum Gasteiger partial charge on any atom is 0.228 e. The monoisotopic (exact) mass is 430 g/mol. The lowest BCUT2D eigenvalue weighted by Gasteiger charge is -2.25. The maximum atomic E-state index is 13.2. The van der Waals surface area contributed by atoms with E-state index in [9.17, 15) is 19.2 Å². The van der Waals surface area contributed by atoms with Gasteiger partial charge in [0.25, 0.3) is 0 Å². The minimum Gasteiger partial charge on any atom is -0.492 e. The molecule has 0 amide bonds. The van der Waals surface area contributed by atoms with Gasteiger partial charge in [-0.15, -0.1) is 0 Å². The SMILES string of the molecule is COC1=C(CCC(C)C2=C(OC)C(=O)c3ccccc3C2=O)C(=O)c2ccccc2C1=O. The molecule has 162 valence electrons. The number of fused-ring (bicyclic) bond motifs is 2. The molecule has 0 heterocycles.